The summed E-state index contributed by atoms with van der Waals surface area (Å²) in [6.07, 6.45) is 9.53. The monoisotopic (exact) mass is 330 g/mol. The highest BCUT2D eigenvalue weighted by atomic mass is 16.5. The summed E-state index contributed by atoms with van der Waals surface area (Å²) in [5, 5.41) is 3.01. The minimum absolute atomic E-state index is 0.0392. The van der Waals surface area contributed by atoms with Crippen molar-refractivity contribution in [1.29, 1.82) is 0 Å². The highest BCUT2D eigenvalue weighted by Gasteiger charge is 2.16. The van der Waals surface area contributed by atoms with Gasteiger partial charge in [-0.2, -0.15) is 0 Å². The van der Waals surface area contributed by atoms with Crippen molar-refractivity contribution in [1.82, 2.24) is 10.2 Å². The standard InChI is InChI=1S/C20H30N2O2/c1-16(21-20(23)12-7-13-22(2)3)14-17-8-6-11-19(15-17)24-18-9-4-5-10-18/h6-8,11-12,15-16,18H,4-5,9-10,13-14H2,1-3H3,(H,21,23)/b12-7+. The van der Waals surface area contributed by atoms with Crippen LogP contribution in [0.2, 0.25) is 0 Å². The summed E-state index contributed by atoms with van der Waals surface area (Å²) in [6.45, 7) is 2.80. The Bertz CT molecular complexity index is 548. The fourth-order valence-electron chi connectivity index (χ4n) is 3.01. The number of nitrogens with zero attached hydrogens (tertiary/aromatic N) is 1. The molecule has 1 unspecified atom stereocenters. The van der Waals surface area contributed by atoms with E-state index in [0.29, 0.717) is 6.10 Å². The van der Waals surface area contributed by atoms with Gasteiger partial charge in [0.25, 0.3) is 0 Å². The van der Waals surface area contributed by atoms with Crippen LogP contribution in [-0.2, 0) is 11.2 Å². The Morgan fingerprint density at radius 2 is 2.12 bits per heavy atom. The molecule has 1 saturated carbocycles. The van der Waals surface area contributed by atoms with Crippen LogP contribution >= 0.6 is 0 Å². The van der Waals surface area contributed by atoms with Gasteiger partial charge in [-0.15, -0.1) is 0 Å². The normalized spacial score (nSPS) is 16.7. The first-order chi connectivity index (χ1) is 11.5. The maximum absolute atomic E-state index is 11.9. The minimum atomic E-state index is -0.0392. The van der Waals surface area contributed by atoms with Crippen LogP contribution < -0.4 is 10.1 Å². The molecule has 0 bridgehead atoms. The molecule has 132 valence electrons. The number of nitrogens with one attached hydrogen (secondary N) is 1. The molecule has 2 rings (SSSR count). The fraction of sp³-hybridized carbons (Fsp3) is 0.550. The van der Waals surface area contributed by atoms with Gasteiger partial charge in [0.05, 0.1) is 6.10 Å². The number of likely N-dealkylation sites (N-methyl/N-ethyl adjacent to an activating group) is 1. The fourth-order valence-corrected chi connectivity index (χ4v) is 3.01. The van der Waals surface area contributed by atoms with E-state index in [1.54, 1.807) is 6.08 Å². The van der Waals surface area contributed by atoms with E-state index in [4.69, 9.17) is 4.74 Å². The van der Waals surface area contributed by atoms with Gasteiger partial charge in [-0.1, -0.05) is 18.2 Å². The number of benzene rings is 1. The van der Waals surface area contributed by atoms with Crippen LogP contribution in [-0.4, -0.2) is 43.6 Å². The van der Waals surface area contributed by atoms with Crippen molar-refractivity contribution in [3.63, 3.8) is 0 Å². The SMILES string of the molecule is CC(Cc1cccc(OC2CCCC2)c1)NC(=O)/C=C/CN(C)C. The summed E-state index contributed by atoms with van der Waals surface area (Å²) in [5.41, 5.74) is 1.19. The van der Waals surface area contributed by atoms with Crippen molar-refractivity contribution >= 4 is 5.91 Å². The molecule has 1 aromatic carbocycles. The average molecular weight is 330 g/mol. The molecule has 4 nitrogen and oxygen atoms in total. The van der Waals surface area contributed by atoms with E-state index in [9.17, 15) is 4.79 Å². The lowest BCUT2D eigenvalue weighted by molar-refractivity contribution is -0.117. The van der Waals surface area contributed by atoms with Crippen LogP contribution in [0.3, 0.4) is 0 Å². The Kier molecular flexibility index (Phi) is 7.32. The molecule has 0 aromatic heterocycles. The van der Waals surface area contributed by atoms with Gasteiger partial charge in [0.1, 0.15) is 5.75 Å². The van der Waals surface area contributed by atoms with Gasteiger partial charge < -0.3 is 15.0 Å². The van der Waals surface area contributed by atoms with Crippen molar-refractivity contribution in [2.75, 3.05) is 20.6 Å². The van der Waals surface area contributed by atoms with Gasteiger partial charge >= 0.3 is 0 Å². The van der Waals surface area contributed by atoms with Crippen LogP contribution in [0, 0.1) is 0 Å². The molecule has 0 aliphatic heterocycles. The molecule has 0 radical (unpaired) electrons. The summed E-state index contributed by atoms with van der Waals surface area (Å²) >= 11 is 0. The number of ether oxygens (including phenoxy) is 1. The van der Waals surface area contributed by atoms with Crippen molar-refractivity contribution in [2.45, 2.75) is 51.2 Å². The van der Waals surface area contributed by atoms with Crippen LogP contribution in [0.4, 0.5) is 0 Å². The molecule has 1 aliphatic carbocycles. The first-order valence-corrected chi connectivity index (χ1v) is 8.90. The Balaban J connectivity index is 1.81. The zero-order valence-corrected chi connectivity index (χ0v) is 15.1. The summed E-state index contributed by atoms with van der Waals surface area (Å²) in [5.74, 6) is 0.909. The zero-order valence-electron chi connectivity index (χ0n) is 15.1. The second-order valence-electron chi connectivity index (χ2n) is 6.95. The van der Waals surface area contributed by atoms with Crippen molar-refractivity contribution < 1.29 is 9.53 Å². The quantitative estimate of drug-likeness (QED) is 0.745. The average Bonchev–Trinajstić information content (AvgIpc) is 2.99. The van der Waals surface area contributed by atoms with Gasteiger partial charge in [0.2, 0.25) is 5.91 Å². The lowest BCUT2D eigenvalue weighted by atomic mass is 10.1. The van der Waals surface area contributed by atoms with E-state index < -0.39 is 0 Å². The number of amides is 1. The van der Waals surface area contributed by atoms with Gasteiger partial charge in [0, 0.05) is 18.7 Å². The maximum Gasteiger partial charge on any atom is 0.243 e. The van der Waals surface area contributed by atoms with Crippen LogP contribution in [0.1, 0.15) is 38.2 Å². The second-order valence-corrected chi connectivity index (χ2v) is 6.95. The van der Waals surface area contributed by atoms with Gasteiger partial charge in [-0.25, -0.2) is 0 Å². The Morgan fingerprint density at radius 1 is 1.38 bits per heavy atom. The van der Waals surface area contributed by atoms with Crippen molar-refractivity contribution in [3.8, 4) is 5.75 Å². The van der Waals surface area contributed by atoms with Crippen molar-refractivity contribution in [2.24, 2.45) is 0 Å². The molecule has 1 fully saturated rings. The smallest absolute Gasteiger partial charge is 0.243 e. The van der Waals surface area contributed by atoms with Crippen LogP contribution in [0.25, 0.3) is 0 Å². The summed E-state index contributed by atoms with van der Waals surface area (Å²) in [4.78, 5) is 13.9. The Morgan fingerprint density at radius 3 is 2.83 bits per heavy atom. The molecule has 1 atom stereocenters. The maximum atomic E-state index is 11.9. The molecular weight excluding hydrogens is 300 g/mol. The van der Waals surface area contributed by atoms with Crippen molar-refractivity contribution in [3.05, 3.63) is 42.0 Å². The number of rotatable bonds is 8. The molecule has 1 aromatic rings. The highest BCUT2D eigenvalue weighted by Crippen LogP contribution is 2.24. The Labute approximate surface area is 145 Å². The lowest BCUT2D eigenvalue weighted by Gasteiger charge is -2.16. The lowest BCUT2D eigenvalue weighted by Crippen LogP contribution is -2.32. The minimum Gasteiger partial charge on any atom is -0.490 e. The highest BCUT2D eigenvalue weighted by molar-refractivity contribution is 5.87. The molecule has 0 saturated heterocycles. The van der Waals surface area contributed by atoms with Gasteiger partial charge in [0.15, 0.2) is 0 Å². The third-order valence-corrected chi connectivity index (χ3v) is 4.17. The van der Waals surface area contributed by atoms with E-state index in [1.165, 1.54) is 18.4 Å². The molecule has 1 amide bonds. The van der Waals surface area contributed by atoms with Crippen LogP contribution in [0.5, 0.6) is 5.75 Å². The molecule has 1 N–H and O–H groups in total. The third-order valence-electron chi connectivity index (χ3n) is 4.17. The van der Waals surface area contributed by atoms with E-state index in [0.717, 1.165) is 31.6 Å². The Hall–Kier alpha value is -1.81. The first kappa shape index (κ1) is 18.5. The number of hydrogen-bond acceptors (Lipinski definition) is 3. The predicted molar refractivity (Wildman–Crippen MR) is 98.3 cm³/mol. The third kappa shape index (κ3) is 6.75. The summed E-state index contributed by atoms with van der Waals surface area (Å²) < 4.78 is 6.05. The topological polar surface area (TPSA) is 41.6 Å². The van der Waals surface area contributed by atoms with Gasteiger partial charge in [-0.05, 0) is 70.8 Å². The molecule has 1 aliphatic rings. The van der Waals surface area contributed by atoms with E-state index >= 15 is 0 Å². The molecule has 4 heteroatoms. The van der Waals surface area contributed by atoms with Gasteiger partial charge in [-0.3, -0.25) is 4.79 Å². The zero-order chi connectivity index (χ0) is 17.4. The number of hydrogen-bond donors (Lipinski definition) is 1. The van der Waals surface area contributed by atoms with E-state index in [2.05, 4.69) is 17.4 Å². The molecule has 0 spiro atoms. The number of carbonyl (C=O) groups excluding carboxylic acids is 1. The van der Waals surface area contributed by atoms with E-state index in [1.807, 2.05) is 44.1 Å². The van der Waals surface area contributed by atoms with E-state index in [-0.39, 0.29) is 11.9 Å². The first-order valence-electron chi connectivity index (χ1n) is 8.90. The predicted octanol–water partition coefficient (Wildman–Crippen LogP) is 3.17. The molecule has 0 heterocycles. The largest absolute Gasteiger partial charge is 0.490 e. The molecule has 24 heavy (non-hydrogen) atoms. The summed E-state index contributed by atoms with van der Waals surface area (Å²) in [7, 11) is 3.96. The van der Waals surface area contributed by atoms with Crippen LogP contribution in [0.15, 0.2) is 36.4 Å². The second kappa shape index (κ2) is 9.48. The molecular formula is C20H30N2O2. The number of carbonyl (C=O) groups is 1. The summed E-state index contributed by atoms with van der Waals surface area (Å²) in [6, 6.07) is 8.33.